The number of aliphatic hydroxyl groups excluding tert-OH is 1. The molecule has 1 heterocycles. The van der Waals surface area contributed by atoms with E-state index in [4.69, 9.17) is 9.29 Å². The number of piperidine rings is 1. The predicted molar refractivity (Wildman–Crippen MR) is 70.3 cm³/mol. The van der Waals surface area contributed by atoms with Gasteiger partial charge in [0, 0.05) is 6.54 Å². The van der Waals surface area contributed by atoms with Gasteiger partial charge in [0.25, 0.3) is 0 Å². The second-order valence-electron chi connectivity index (χ2n) is 5.23. The Morgan fingerprint density at radius 3 is 2.63 bits per heavy atom. The number of nitrogens with one attached hydrogen (secondary N) is 2. The Hall–Kier alpha value is -0.250. The quantitative estimate of drug-likeness (QED) is 0.309. The van der Waals surface area contributed by atoms with E-state index < -0.39 is 16.4 Å². The number of likely N-dealkylation sites (tertiary alicyclic amines) is 1. The average Bonchev–Trinajstić information content (AvgIpc) is 2.33. The van der Waals surface area contributed by atoms with E-state index in [1.807, 2.05) is 4.72 Å². The largest absolute Gasteiger partial charge is 0.389 e. The van der Waals surface area contributed by atoms with Crippen LogP contribution in [0.2, 0.25) is 0 Å². The number of quaternary nitrogens is 1. The molecule has 4 N–H and O–H groups in total. The second-order valence-corrected chi connectivity index (χ2v) is 6.47. The highest BCUT2D eigenvalue weighted by molar-refractivity contribution is 7.83. The van der Waals surface area contributed by atoms with Crippen molar-refractivity contribution in [2.24, 2.45) is 5.92 Å². The van der Waals surface area contributed by atoms with E-state index >= 15 is 0 Å². The van der Waals surface area contributed by atoms with Crippen LogP contribution in [-0.2, 0) is 15.0 Å². The maximum atomic E-state index is 10.4. The van der Waals surface area contributed by atoms with E-state index in [-0.39, 0.29) is 13.2 Å². The van der Waals surface area contributed by atoms with Gasteiger partial charge in [0.1, 0.15) is 6.54 Å². The van der Waals surface area contributed by atoms with Gasteiger partial charge in [-0.2, -0.15) is 13.1 Å². The monoisotopic (exact) mass is 297 g/mol. The van der Waals surface area contributed by atoms with Gasteiger partial charge in [-0.3, -0.25) is 4.55 Å². The summed E-state index contributed by atoms with van der Waals surface area (Å²) in [5.41, 5.74) is 0. The maximum absolute atomic E-state index is 10.4. The first-order valence-electron chi connectivity index (χ1n) is 6.68. The number of rotatable bonds is 8. The summed E-state index contributed by atoms with van der Waals surface area (Å²) in [6.45, 7) is 5.87. The van der Waals surface area contributed by atoms with Crippen LogP contribution in [0, 0.1) is 5.92 Å². The maximum Gasteiger partial charge on any atom is 0.333 e. The lowest BCUT2D eigenvalue weighted by Gasteiger charge is -2.27. The van der Waals surface area contributed by atoms with Crippen molar-refractivity contribution < 1.29 is 27.7 Å². The van der Waals surface area contributed by atoms with Gasteiger partial charge in [0.2, 0.25) is 0 Å². The van der Waals surface area contributed by atoms with Gasteiger partial charge in [0.15, 0.2) is 0 Å². The number of hydrogen-bond donors (Lipinski definition) is 4. The van der Waals surface area contributed by atoms with Crippen LogP contribution >= 0.6 is 0 Å². The molecule has 0 aromatic rings. The summed E-state index contributed by atoms with van der Waals surface area (Å²) in [5.74, 6) is 0.818. The second kappa shape index (κ2) is 8.13. The Labute approximate surface area is 114 Å². The zero-order chi connectivity index (χ0) is 14.3. The van der Waals surface area contributed by atoms with E-state index in [0.29, 0.717) is 6.61 Å². The molecule has 7 nitrogen and oxygen atoms in total. The molecule has 1 fully saturated rings. The summed E-state index contributed by atoms with van der Waals surface area (Å²) in [5, 5.41) is 9.41. The Balaban J connectivity index is 2.01. The molecule has 0 bridgehead atoms. The standard InChI is InChI=1S/C11H24N2O5S/c1-10-2-4-13(5-3-10)6-7-18-9-11(14)8-12-19(15,16)17/h10-12,14H,2-9H2,1H3,(H,15,16,17)/p+1/t11-/m0/s1. The van der Waals surface area contributed by atoms with Crippen molar-refractivity contribution in [2.75, 3.05) is 39.4 Å². The van der Waals surface area contributed by atoms with Crippen molar-refractivity contribution in [3.63, 3.8) is 0 Å². The van der Waals surface area contributed by atoms with Crippen LogP contribution in [0.1, 0.15) is 19.8 Å². The molecule has 1 aliphatic heterocycles. The van der Waals surface area contributed by atoms with Crippen LogP contribution in [-0.4, -0.2) is 63.6 Å². The molecule has 0 saturated carbocycles. The molecule has 1 saturated heterocycles. The minimum absolute atomic E-state index is 0.0617. The smallest absolute Gasteiger partial charge is 0.333 e. The Kier molecular flexibility index (Phi) is 7.19. The van der Waals surface area contributed by atoms with E-state index in [0.717, 1.165) is 25.6 Å². The SMILES string of the molecule is CC1CC[NH+](CCOC[C@@H](O)CNS(=O)(=O)O)CC1. The van der Waals surface area contributed by atoms with Crippen LogP contribution < -0.4 is 9.62 Å². The molecule has 1 atom stereocenters. The topological polar surface area (TPSA) is 100 Å². The van der Waals surface area contributed by atoms with Gasteiger partial charge in [-0.25, -0.2) is 0 Å². The zero-order valence-electron chi connectivity index (χ0n) is 11.3. The fourth-order valence-electron chi connectivity index (χ4n) is 2.12. The molecule has 1 aliphatic rings. The molecule has 1 rings (SSSR count). The molecular formula is C11H25N2O5S+. The third-order valence-corrected chi connectivity index (χ3v) is 3.92. The van der Waals surface area contributed by atoms with E-state index in [1.54, 1.807) is 0 Å². The Bertz CT molecular complexity index is 341. The first kappa shape index (κ1) is 16.8. The molecule has 0 aliphatic carbocycles. The van der Waals surface area contributed by atoms with Crippen LogP contribution in [0.5, 0.6) is 0 Å². The van der Waals surface area contributed by atoms with Crippen molar-refractivity contribution in [1.82, 2.24) is 4.72 Å². The fourth-order valence-corrected chi connectivity index (χ4v) is 2.52. The summed E-state index contributed by atoms with van der Waals surface area (Å²) < 4.78 is 36.3. The van der Waals surface area contributed by atoms with Crippen LogP contribution in [0.15, 0.2) is 0 Å². The molecular weight excluding hydrogens is 272 g/mol. The molecule has 0 aromatic heterocycles. The number of ether oxygens (including phenoxy) is 1. The molecule has 0 radical (unpaired) electrons. The van der Waals surface area contributed by atoms with Crippen molar-refractivity contribution in [3.05, 3.63) is 0 Å². The lowest BCUT2D eigenvalue weighted by atomic mass is 9.99. The van der Waals surface area contributed by atoms with Crippen LogP contribution in [0.25, 0.3) is 0 Å². The normalized spacial score (nSPS) is 26.3. The summed E-state index contributed by atoms with van der Waals surface area (Å²) >= 11 is 0. The summed E-state index contributed by atoms with van der Waals surface area (Å²) in [6, 6.07) is 0. The van der Waals surface area contributed by atoms with Crippen LogP contribution in [0.4, 0.5) is 0 Å². The van der Waals surface area contributed by atoms with E-state index in [1.165, 1.54) is 17.7 Å². The summed E-state index contributed by atoms with van der Waals surface area (Å²) in [4.78, 5) is 1.52. The highest BCUT2D eigenvalue weighted by Crippen LogP contribution is 2.06. The Morgan fingerprint density at radius 1 is 1.42 bits per heavy atom. The predicted octanol–water partition coefficient (Wildman–Crippen LogP) is -1.93. The molecule has 19 heavy (non-hydrogen) atoms. The van der Waals surface area contributed by atoms with Crippen molar-refractivity contribution in [3.8, 4) is 0 Å². The third kappa shape index (κ3) is 8.51. The van der Waals surface area contributed by atoms with E-state index in [9.17, 15) is 13.5 Å². The molecule has 114 valence electrons. The minimum atomic E-state index is -4.24. The van der Waals surface area contributed by atoms with Crippen molar-refractivity contribution >= 4 is 10.3 Å². The summed E-state index contributed by atoms with van der Waals surface area (Å²) in [7, 11) is -4.24. The third-order valence-electron chi connectivity index (χ3n) is 3.39. The first-order valence-corrected chi connectivity index (χ1v) is 8.12. The van der Waals surface area contributed by atoms with Gasteiger partial charge in [-0.05, 0) is 18.8 Å². The van der Waals surface area contributed by atoms with Crippen molar-refractivity contribution in [1.29, 1.82) is 0 Å². The molecule has 8 heteroatoms. The Morgan fingerprint density at radius 2 is 2.05 bits per heavy atom. The lowest BCUT2D eigenvalue weighted by molar-refractivity contribution is -0.906. The van der Waals surface area contributed by atoms with E-state index in [2.05, 4.69) is 6.92 Å². The summed E-state index contributed by atoms with van der Waals surface area (Å²) in [6.07, 6.45) is 1.55. The highest BCUT2D eigenvalue weighted by Gasteiger charge is 2.18. The van der Waals surface area contributed by atoms with Gasteiger partial charge < -0.3 is 14.7 Å². The van der Waals surface area contributed by atoms with Gasteiger partial charge >= 0.3 is 10.3 Å². The fraction of sp³-hybridized carbons (Fsp3) is 1.00. The first-order chi connectivity index (χ1) is 8.87. The number of aliphatic hydroxyl groups is 1. The highest BCUT2D eigenvalue weighted by atomic mass is 32.2. The van der Waals surface area contributed by atoms with Gasteiger partial charge in [0.05, 0.1) is 32.4 Å². The van der Waals surface area contributed by atoms with Gasteiger partial charge in [-0.15, -0.1) is 0 Å². The van der Waals surface area contributed by atoms with Gasteiger partial charge in [-0.1, -0.05) is 6.92 Å². The van der Waals surface area contributed by atoms with Crippen LogP contribution in [0.3, 0.4) is 0 Å². The minimum Gasteiger partial charge on any atom is -0.389 e. The lowest BCUT2D eigenvalue weighted by Crippen LogP contribution is -3.13. The molecule has 0 spiro atoms. The van der Waals surface area contributed by atoms with Crippen molar-refractivity contribution in [2.45, 2.75) is 25.9 Å². The molecule has 0 unspecified atom stereocenters. The molecule has 0 amide bonds. The molecule has 0 aromatic carbocycles. The average molecular weight is 297 g/mol. The number of hydrogen-bond acceptors (Lipinski definition) is 4. The zero-order valence-corrected chi connectivity index (χ0v) is 12.2.